The van der Waals surface area contributed by atoms with Gasteiger partial charge in [0.2, 0.25) is 0 Å². The van der Waals surface area contributed by atoms with Crippen molar-refractivity contribution in [2.45, 2.75) is 71.3 Å². The Kier molecular flexibility index (Phi) is 4.14. The second kappa shape index (κ2) is 5.46. The van der Waals surface area contributed by atoms with E-state index in [-0.39, 0.29) is 17.5 Å². The first-order valence-electron chi connectivity index (χ1n) is 7.46. The van der Waals surface area contributed by atoms with Gasteiger partial charge in [-0.2, -0.15) is 0 Å². The lowest BCUT2D eigenvalue weighted by Gasteiger charge is -2.45. The van der Waals surface area contributed by atoms with E-state index in [9.17, 15) is 4.79 Å². The minimum Gasteiger partial charge on any atom is -0.458 e. The Bertz CT molecular complexity index is 334. The minimum absolute atomic E-state index is 0.145. The Labute approximate surface area is 111 Å². The molecule has 2 saturated carbocycles. The van der Waals surface area contributed by atoms with Gasteiger partial charge >= 0.3 is 5.97 Å². The summed E-state index contributed by atoms with van der Waals surface area (Å²) in [6.45, 7) is 7.72. The van der Waals surface area contributed by atoms with E-state index >= 15 is 0 Å². The molecule has 3 unspecified atom stereocenters. The van der Waals surface area contributed by atoms with Crippen molar-refractivity contribution in [3.05, 3.63) is 12.2 Å². The van der Waals surface area contributed by atoms with Crippen LogP contribution in [0.1, 0.15) is 65.2 Å². The van der Waals surface area contributed by atoms with E-state index in [1.54, 1.807) is 6.92 Å². The fraction of sp³-hybridized carbons (Fsp3) is 0.812. The Morgan fingerprint density at radius 2 is 2.00 bits per heavy atom. The van der Waals surface area contributed by atoms with Crippen molar-refractivity contribution in [1.82, 2.24) is 0 Å². The number of ether oxygens (including phenoxy) is 1. The lowest BCUT2D eigenvalue weighted by molar-refractivity contribution is -0.154. The van der Waals surface area contributed by atoms with E-state index in [1.165, 1.54) is 44.9 Å². The highest BCUT2D eigenvalue weighted by Gasteiger charge is 2.50. The van der Waals surface area contributed by atoms with E-state index in [1.807, 2.05) is 0 Å². The zero-order valence-electron chi connectivity index (χ0n) is 11.8. The summed E-state index contributed by atoms with van der Waals surface area (Å²) in [5.41, 5.74) is 0.818. The molecule has 2 heteroatoms. The number of hydrogen-bond acceptors (Lipinski definition) is 2. The van der Waals surface area contributed by atoms with Gasteiger partial charge in [-0.25, -0.2) is 4.79 Å². The highest BCUT2D eigenvalue weighted by molar-refractivity contribution is 5.87. The van der Waals surface area contributed by atoms with Gasteiger partial charge in [0, 0.05) is 11.0 Å². The van der Waals surface area contributed by atoms with Crippen LogP contribution in [0.15, 0.2) is 12.2 Å². The molecule has 0 aromatic rings. The van der Waals surface area contributed by atoms with Gasteiger partial charge in [0.25, 0.3) is 0 Å². The van der Waals surface area contributed by atoms with E-state index in [2.05, 4.69) is 13.5 Å². The summed E-state index contributed by atoms with van der Waals surface area (Å²) in [7, 11) is 0. The van der Waals surface area contributed by atoms with Gasteiger partial charge in [-0.1, -0.05) is 32.8 Å². The third-order valence-corrected chi connectivity index (χ3v) is 5.10. The first kappa shape index (κ1) is 13.6. The monoisotopic (exact) mass is 250 g/mol. The van der Waals surface area contributed by atoms with Gasteiger partial charge in [0.05, 0.1) is 0 Å². The molecular weight excluding hydrogens is 224 g/mol. The maximum absolute atomic E-state index is 11.8. The van der Waals surface area contributed by atoms with E-state index in [0.717, 1.165) is 12.3 Å². The molecule has 18 heavy (non-hydrogen) atoms. The van der Waals surface area contributed by atoms with Gasteiger partial charge in [0.1, 0.15) is 6.10 Å². The molecule has 0 heterocycles. The summed E-state index contributed by atoms with van der Waals surface area (Å²) in [5, 5.41) is 0. The molecule has 1 spiro atoms. The van der Waals surface area contributed by atoms with E-state index < -0.39 is 0 Å². The first-order chi connectivity index (χ1) is 8.60. The molecule has 0 amide bonds. The van der Waals surface area contributed by atoms with Gasteiger partial charge in [-0.05, 0) is 44.9 Å². The lowest BCUT2D eigenvalue weighted by Crippen LogP contribution is -2.42. The normalized spacial score (nSPS) is 35.7. The van der Waals surface area contributed by atoms with Crippen molar-refractivity contribution in [2.24, 2.45) is 11.3 Å². The standard InChI is InChI=1S/C16H26O2/c1-4-13-8-5-6-10-16(13)11-7-9-14(16)18-15(17)12(2)3/h13-14H,2,4-11H2,1,3H3. The second-order valence-electron chi connectivity index (χ2n) is 6.15. The highest BCUT2D eigenvalue weighted by Crippen LogP contribution is 2.54. The van der Waals surface area contributed by atoms with Gasteiger partial charge < -0.3 is 4.74 Å². The Morgan fingerprint density at radius 3 is 2.67 bits per heavy atom. The third kappa shape index (κ3) is 2.34. The molecule has 2 rings (SSSR count). The van der Waals surface area contributed by atoms with Crippen LogP contribution >= 0.6 is 0 Å². The van der Waals surface area contributed by atoms with Crippen LogP contribution in [0.2, 0.25) is 0 Å². The van der Waals surface area contributed by atoms with Crippen LogP contribution in [0.3, 0.4) is 0 Å². The molecule has 0 aromatic heterocycles. The summed E-state index contributed by atoms with van der Waals surface area (Å²) in [6.07, 6.45) is 10.1. The molecule has 2 aliphatic rings. The molecule has 2 fully saturated rings. The first-order valence-corrected chi connectivity index (χ1v) is 7.46. The summed E-state index contributed by atoms with van der Waals surface area (Å²) in [5.74, 6) is 0.554. The van der Waals surface area contributed by atoms with Crippen LogP contribution in [0, 0.1) is 11.3 Å². The van der Waals surface area contributed by atoms with Crippen LogP contribution in [-0.4, -0.2) is 12.1 Å². The van der Waals surface area contributed by atoms with E-state index in [0.29, 0.717) is 5.57 Å². The Balaban J connectivity index is 2.13. The zero-order chi connectivity index (χ0) is 13.2. The van der Waals surface area contributed by atoms with E-state index in [4.69, 9.17) is 4.74 Å². The molecule has 0 aliphatic heterocycles. The van der Waals surface area contributed by atoms with Crippen LogP contribution in [0.5, 0.6) is 0 Å². The molecule has 0 aromatic carbocycles. The summed E-state index contributed by atoms with van der Waals surface area (Å²) in [6, 6.07) is 0. The topological polar surface area (TPSA) is 26.3 Å². The number of hydrogen-bond donors (Lipinski definition) is 0. The minimum atomic E-state index is -0.193. The molecule has 0 radical (unpaired) electrons. The van der Waals surface area contributed by atoms with Crippen molar-refractivity contribution in [3.8, 4) is 0 Å². The molecular formula is C16H26O2. The van der Waals surface area contributed by atoms with Crippen molar-refractivity contribution in [3.63, 3.8) is 0 Å². The molecule has 0 N–H and O–H groups in total. The summed E-state index contributed by atoms with van der Waals surface area (Å²) in [4.78, 5) is 11.8. The van der Waals surface area contributed by atoms with Crippen LogP contribution in [0.25, 0.3) is 0 Å². The highest BCUT2D eigenvalue weighted by atomic mass is 16.5. The molecule has 3 atom stereocenters. The number of carbonyl (C=O) groups is 1. The predicted octanol–water partition coefficient (Wildman–Crippen LogP) is 4.24. The predicted molar refractivity (Wildman–Crippen MR) is 73.2 cm³/mol. The van der Waals surface area contributed by atoms with Crippen LogP contribution < -0.4 is 0 Å². The van der Waals surface area contributed by atoms with Crippen molar-refractivity contribution in [2.75, 3.05) is 0 Å². The third-order valence-electron chi connectivity index (χ3n) is 5.10. The Hall–Kier alpha value is -0.790. The Morgan fingerprint density at radius 1 is 1.28 bits per heavy atom. The quantitative estimate of drug-likeness (QED) is 0.553. The maximum atomic E-state index is 11.8. The molecule has 0 saturated heterocycles. The molecule has 0 bridgehead atoms. The summed E-state index contributed by atoms with van der Waals surface area (Å²) < 4.78 is 5.76. The number of esters is 1. The number of rotatable bonds is 3. The average molecular weight is 250 g/mol. The van der Waals surface area contributed by atoms with Gasteiger partial charge in [-0.3, -0.25) is 0 Å². The van der Waals surface area contributed by atoms with Crippen molar-refractivity contribution < 1.29 is 9.53 Å². The zero-order valence-corrected chi connectivity index (χ0v) is 11.8. The van der Waals surface area contributed by atoms with Crippen molar-refractivity contribution >= 4 is 5.97 Å². The van der Waals surface area contributed by atoms with Crippen molar-refractivity contribution in [1.29, 1.82) is 0 Å². The maximum Gasteiger partial charge on any atom is 0.333 e. The fourth-order valence-corrected chi connectivity index (χ4v) is 4.17. The molecule has 102 valence electrons. The smallest absolute Gasteiger partial charge is 0.333 e. The van der Waals surface area contributed by atoms with Gasteiger partial charge in [0.15, 0.2) is 0 Å². The van der Waals surface area contributed by atoms with Crippen LogP contribution in [-0.2, 0) is 9.53 Å². The molecule has 2 aliphatic carbocycles. The second-order valence-corrected chi connectivity index (χ2v) is 6.15. The summed E-state index contributed by atoms with van der Waals surface area (Å²) >= 11 is 0. The average Bonchev–Trinajstić information content (AvgIpc) is 2.73. The molecule has 2 nitrogen and oxygen atoms in total. The van der Waals surface area contributed by atoms with Gasteiger partial charge in [-0.15, -0.1) is 0 Å². The van der Waals surface area contributed by atoms with Crippen LogP contribution in [0.4, 0.5) is 0 Å². The lowest BCUT2D eigenvalue weighted by atomic mass is 9.63. The SMILES string of the molecule is C=C(C)C(=O)OC1CCCC12CCCCC2CC. The fourth-order valence-electron chi connectivity index (χ4n) is 4.17. The largest absolute Gasteiger partial charge is 0.458 e. The number of carbonyl (C=O) groups excluding carboxylic acids is 1.